The number of amides is 1. The Morgan fingerprint density at radius 2 is 1.82 bits per heavy atom. The summed E-state index contributed by atoms with van der Waals surface area (Å²) in [5.41, 5.74) is 8.76. The molecular weight excluding hydrogens is 416 g/mol. The lowest BCUT2D eigenvalue weighted by molar-refractivity contribution is 0.0183. The summed E-state index contributed by atoms with van der Waals surface area (Å²) in [4.78, 5) is 19.4. The first-order chi connectivity index (χ1) is 15.6. The van der Waals surface area contributed by atoms with Crippen LogP contribution in [-0.4, -0.2) is 66.8 Å². The van der Waals surface area contributed by atoms with Gasteiger partial charge >= 0.3 is 6.09 Å². The molecule has 2 aliphatic rings. The minimum atomic E-state index is -0.507. The van der Waals surface area contributed by atoms with Gasteiger partial charge in [-0.1, -0.05) is 18.2 Å². The standard InChI is InChI=1S/C26H36N4O3/c1-18-23(32-19-9-7-6-8-10-19)12-11-20(27)24(18)30-16-15-29-14-13-21(22(29)17-30)28(5)25(31)33-26(2,3)4/h6-12,21-22H,13-17,27H2,1-5H3/t21-,22+/m1/s1. The summed E-state index contributed by atoms with van der Waals surface area (Å²) in [6.45, 7) is 11.4. The number of fused-ring (bicyclic) bond motifs is 1. The summed E-state index contributed by atoms with van der Waals surface area (Å²) in [6, 6.07) is 14.0. The maximum Gasteiger partial charge on any atom is 0.410 e. The normalized spacial score (nSPS) is 20.9. The third kappa shape index (κ3) is 5.03. The number of carbonyl (C=O) groups is 1. The van der Waals surface area contributed by atoms with E-state index in [0.29, 0.717) is 0 Å². The van der Waals surface area contributed by atoms with E-state index < -0.39 is 5.60 Å². The Morgan fingerprint density at radius 1 is 1.09 bits per heavy atom. The predicted octanol–water partition coefficient (Wildman–Crippen LogP) is 4.50. The largest absolute Gasteiger partial charge is 0.457 e. The third-order valence-electron chi connectivity index (χ3n) is 6.57. The lowest BCUT2D eigenvalue weighted by Gasteiger charge is -2.43. The number of hydrogen-bond acceptors (Lipinski definition) is 6. The maximum absolute atomic E-state index is 12.7. The number of piperazine rings is 1. The number of rotatable bonds is 4. The first-order valence-corrected chi connectivity index (χ1v) is 11.7. The van der Waals surface area contributed by atoms with Crippen molar-refractivity contribution in [3.8, 4) is 11.5 Å². The van der Waals surface area contributed by atoms with E-state index in [-0.39, 0.29) is 18.2 Å². The molecule has 4 rings (SSSR count). The molecule has 2 aliphatic heterocycles. The monoisotopic (exact) mass is 452 g/mol. The Bertz CT molecular complexity index is 989. The summed E-state index contributed by atoms with van der Waals surface area (Å²) >= 11 is 0. The van der Waals surface area contributed by atoms with E-state index in [1.165, 1.54) is 0 Å². The van der Waals surface area contributed by atoms with Crippen LogP contribution in [0.1, 0.15) is 32.8 Å². The van der Waals surface area contributed by atoms with E-state index in [2.05, 4.69) is 16.7 Å². The second kappa shape index (κ2) is 9.14. The molecule has 0 bridgehead atoms. The van der Waals surface area contributed by atoms with Gasteiger partial charge in [0.25, 0.3) is 0 Å². The zero-order chi connectivity index (χ0) is 23.8. The van der Waals surface area contributed by atoms with E-state index >= 15 is 0 Å². The van der Waals surface area contributed by atoms with Crippen LogP contribution in [0.2, 0.25) is 0 Å². The number of nitrogen functional groups attached to an aromatic ring is 1. The van der Waals surface area contributed by atoms with Gasteiger partial charge in [-0.3, -0.25) is 4.90 Å². The van der Waals surface area contributed by atoms with Gasteiger partial charge in [-0.05, 0) is 58.4 Å². The molecule has 2 heterocycles. The van der Waals surface area contributed by atoms with Crippen LogP contribution in [0.25, 0.3) is 0 Å². The lowest BCUT2D eigenvalue weighted by Crippen LogP contribution is -2.57. The molecule has 2 saturated heterocycles. The Labute approximate surface area is 197 Å². The minimum Gasteiger partial charge on any atom is -0.457 e. The minimum absolute atomic E-state index is 0.105. The van der Waals surface area contributed by atoms with Crippen molar-refractivity contribution >= 4 is 17.5 Å². The number of likely N-dealkylation sites (N-methyl/N-ethyl adjacent to an activating group) is 1. The number of anilines is 2. The fraction of sp³-hybridized carbons (Fsp3) is 0.500. The summed E-state index contributed by atoms with van der Waals surface area (Å²) < 4.78 is 11.8. The highest BCUT2D eigenvalue weighted by Crippen LogP contribution is 2.38. The van der Waals surface area contributed by atoms with Crippen LogP contribution in [0, 0.1) is 6.92 Å². The predicted molar refractivity (Wildman–Crippen MR) is 132 cm³/mol. The SMILES string of the molecule is Cc1c(Oc2ccccc2)ccc(N)c1N1CCN2CC[C@@H](N(C)C(=O)OC(C)(C)C)[C@@H]2C1. The maximum atomic E-state index is 12.7. The van der Waals surface area contributed by atoms with Crippen molar-refractivity contribution in [1.82, 2.24) is 9.80 Å². The lowest BCUT2D eigenvalue weighted by atomic mass is 10.0. The number of ether oxygens (including phenoxy) is 2. The number of carbonyl (C=O) groups excluding carboxylic acids is 1. The van der Waals surface area contributed by atoms with Crippen LogP contribution in [-0.2, 0) is 4.74 Å². The number of nitrogens with zero attached hydrogens (tertiary/aromatic N) is 3. The molecule has 2 aromatic rings. The van der Waals surface area contributed by atoms with Crippen molar-refractivity contribution in [3.05, 3.63) is 48.0 Å². The highest BCUT2D eigenvalue weighted by atomic mass is 16.6. The number of nitrogens with two attached hydrogens (primary N) is 1. The second-order valence-corrected chi connectivity index (χ2v) is 10.0. The van der Waals surface area contributed by atoms with Crippen molar-refractivity contribution in [2.75, 3.05) is 43.9 Å². The van der Waals surface area contributed by atoms with Gasteiger partial charge in [-0.2, -0.15) is 0 Å². The molecule has 2 N–H and O–H groups in total. The van der Waals surface area contributed by atoms with Crippen LogP contribution >= 0.6 is 0 Å². The van der Waals surface area contributed by atoms with E-state index in [0.717, 1.165) is 61.0 Å². The summed E-state index contributed by atoms with van der Waals surface area (Å²) in [6.07, 6.45) is 0.681. The van der Waals surface area contributed by atoms with Crippen LogP contribution in [0.4, 0.5) is 16.2 Å². The molecule has 33 heavy (non-hydrogen) atoms. The molecule has 2 fully saturated rings. The smallest absolute Gasteiger partial charge is 0.410 e. The molecular formula is C26H36N4O3. The van der Waals surface area contributed by atoms with Gasteiger partial charge < -0.3 is 25.0 Å². The zero-order valence-electron chi connectivity index (χ0n) is 20.4. The van der Waals surface area contributed by atoms with Gasteiger partial charge in [0.1, 0.15) is 17.1 Å². The summed E-state index contributed by atoms with van der Waals surface area (Å²) in [5, 5.41) is 0. The van der Waals surface area contributed by atoms with E-state index in [4.69, 9.17) is 15.2 Å². The van der Waals surface area contributed by atoms with E-state index in [1.54, 1.807) is 4.90 Å². The van der Waals surface area contributed by atoms with Crippen molar-refractivity contribution < 1.29 is 14.3 Å². The molecule has 2 atom stereocenters. The average molecular weight is 453 g/mol. The van der Waals surface area contributed by atoms with Gasteiger partial charge in [-0.25, -0.2) is 4.79 Å². The first kappa shape index (κ1) is 23.2. The Balaban J connectivity index is 1.54. The summed E-state index contributed by atoms with van der Waals surface area (Å²) in [5.74, 6) is 1.61. The highest BCUT2D eigenvalue weighted by Gasteiger charge is 2.42. The highest BCUT2D eigenvalue weighted by molar-refractivity contribution is 5.75. The second-order valence-electron chi connectivity index (χ2n) is 10.0. The number of para-hydroxylation sites is 1. The molecule has 1 amide bonds. The molecule has 7 nitrogen and oxygen atoms in total. The van der Waals surface area contributed by atoms with E-state index in [1.807, 2.05) is 70.3 Å². The Morgan fingerprint density at radius 3 is 2.52 bits per heavy atom. The van der Waals surface area contributed by atoms with Gasteiger partial charge in [-0.15, -0.1) is 0 Å². The molecule has 2 aromatic carbocycles. The third-order valence-corrected chi connectivity index (χ3v) is 6.57. The van der Waals surface area contributed by atoms with Crippen LogP contribution in [0.15, 0.2) is 42.5 Å². The van der Waals surface area contributed by atoms with Gasteiger partial charge in [0, 0.05) is 44.8 Å². The topological polar surface area (TPSA) is 71.3 Å². The van der Waals surface area contributed by atoms with Crippen molar-refractivity contribution in [1.29, 1.82) is 0 Å². The zero-order valence-corrected chi connectivity index (χ0v) is 20.4. The molecule has 7 heteroatoms. The molecule has 0 aromatic heterocycles. The molecule has 178 valence electrons. The van der Waals surface area contributed by atoms with Crippen molar-refractivity contribution in [2.24, 2.45) is 0 Å². The van der Waals surface area contributed by atoms with Gasteiger partial charge in [0.15, 0.2) is 0 Å². The first-order valence-electron chi connectivity index (χ1n) is 11.7. The average Bonchev–Trinajstić information content (AvgIpc) is 3.18. The fourth-order valence-corrected chi connectivity index (χ4v) is 4.95. The van der Waals surface area contributed by atoms with E-state index in [9.17, 15) is 4.79 Å². The van der Waals surface area contributed by atoms with Gasteiger partial charge in [0.2, 0.25) is 0 Å². The Kier molecular flexibility index (Phi) is 6.43. The van der Waals surface area contributed by atoms with Crippen LogP contribution in [0.3, 0.4) is 0 Å². The van der Waals surface area contributed by atoms with Crippen molar-refractivity contribution in [3.63, 3.8) is 0 Å². The Hall–Kier alpha value is -2.93. The van der Waals surface area contributed by atoms with Crippen LogP contribution in [0.5, 0.6) is 11.5 Å². The quantitative estimate of drug-likeness (QED) is 0.689. The molecule has 0 saturated carbocycles. The van der Waals surface area contributed by atoms with Gasteiger partial charge in [0.05, 0.1) is 17.4 Å². The number of hydrogen-bond donors (Lipinski definition) is 1. The van der Waals surface area contributed by atoms with Crippen LogP contribution < -0.4 is 15.4 Å². The molecule has 0 unspecified atom stereocenters. The number of benzene rings is 2. The molecule has 0 aliphatic carbocycles. The fourth-order valence-electron chi connectivity index (χ4n) is 4.95. The summed E-state index contributed by atoms with van der Waals surface area (Å²) in [7, 11) is 1.86. The molecule has 0 spiro atoms. The molecule has 0 radical (unpaired) electrons. The van der Waals surface area contributed by atoms with Crippen molar-refractivity contribution in [2.45, 2.75) is 51.8 Å².